The Balaban J connectivity index is 1.95. The largest absolute Gasteiger partial charge is 0.370 e. The van der Waals surface area contributed by atoms with Crippen LogP contribution in [0.15, 0.2) is 18.2 Å². The van der Waals surface area contributed by atoms with E-state index < -0.39 is 22.6 Å². The van der Waals surface area contributed by atoms with Crippen molar-refractivity contribution in [2.75, 3.05) is 6.54 Å². The maximum Gasteiger partial charge on any atom is 0.330 e. The van der Waals surface area contributed by atoms with Gasteiger partial charge in [-0.1, -0.05) is 32.6 Å². The Morgan fingerprint density at radius 1 is 1.28 bits per heavy atom. The van der Waals surface area contributed by atoms with Gasteiger partial charge < -0.3 is 10.6 Å². The molecular weight excluding hydrogens is 326 g/mol. The van der Waals surface area contributed by atoms with Crippen LogP contribution in [-0.4, -0.2) is 12.5 Å². The molecule has 2 rings (SSSR count). The molecule has 1 aliphatic carbocycles. The maximum atomic E-state index is 13.4. The highest BCUT2D eigenvalue weighted by Crippen LogP contribution is 2.43. The van der Waals surface area contributed by atoms with Crippen LogP contribution in [0.5, 0.6) is 0 Å². The minimum Gasteiger partial charge on any atom is -0.370 e. The van der Waals surface area contributed by atoms with E-state index >= 15 is 0 Å². The number of hydrogen-bond acceptors (Lipinski definition) is 4. The minimum absolute atomic E-state index is 0.0610. The molecule has 1 aromatic carbocycles. The molecule has 0 aromatic heterocycles. The van der Waals surface area contributed by atoms with E-state index in [4.69, 9.17) is 10.6 Å². The van der Waals surface area contributed by atoms with E-state index in [9.17, 15) is 13.6 Å². The highest BCUT2D eigenvalue weighted by molar-refractivity contribution is 5.76. The van der Waals surface area contributed by atoms with Gasteiger partial charge in [0.05, 0.1) is 17.5 Å². The summed E-state index contributed by atoms with van der Waals surface area (Å²) in [7, 11) is 0. The van der Waals surface area contributed by atoms with Crippen LogP contribution < -0.4 is 11.2 Å². The molecule has 0 radical (unpaired) electrons. The third kappa shape index (κ3) is 4.98. The highest BCUT2D eigenvalue weighted by Gasteiger charge is 2.42. The van der Waals surface area contributed by atoms with Crippen molar-refractivity contribution >= 4 is 5.97 Å². The van der Waals surface area contributed by atoms with Gasteiger partial charge in [-0.2, -0.15) is 5.48 Å². The number of hydroxylamine groups is 1. The lowest BCUT2D eigenvalue weighted by molar-refractivity contribution is -0.164. The lowest BCUT2D eigenvalue weighted by Gasteiger charge is -2.29. The molecule has 6 heteroatoms. The van der Waals surface area contributed by atoms with E-state index in [2.05, 4.69) is 12.4 Å². The summed E-state index contributed by atoms with van der Waals surface area (Å²) >= 11 is 0. The maximum absolute atomic E-state index is 13.4. The number of unbranched alkanes of at least 4 members (excludes halogenated alkanes) is 1. The summed E-state index contributed by atoms with van der Waals surface area (Å²) in [4.78, 5) is 17.8. The molecule has 0 heterocycles. The predicted octanol–water partition coefficient (Wildman–Crippen LogP) is 3.94. The summed E-state index contributed by atoms with van der Waals surface area (Å²) in [6.07, 6.45) is 6.64. The average molecular weight is 354 g/mol. The molecule has 0 saturated heterocycles. The van der Waals surface area contributed by atoms with Gasteiger partial charge in [0.25, 0.3) is 0 Å². The van der Waals surface area contributed by atoms with Crippen LogP contribution in [0, 0.1) is 17.0 Å². The summed E-state index contributed by atoms with van der Waals surface area (Å²) in [6.45, 7) is 3.79. The Morgan fingerprint density at radius 3 is 2.44 bits per heavy atom. The second-order valence-corrected chi connectivity index (χ2v) is 7.38. The number of carbonyl (C=O) groups is 1. The third-order valence-corrected chi connectivity index (χ3v) is 5.13. The van der Waals surface area contributed by atoms with Gasteiger partial charge in [-0.15, -0.1) is 0 Å². The number of nitrogens with two attached hydrogens (primary N) is 1. The van der Waals surface area contributed by atoms with Gasteiger partial charge >= 0.3 is 5.97 Å². The SMILES string of the molecule is CCCCC1(C(=O)ONCC(C)(N)c2cc(F)cc(F)c2)CCCC1. The molecule has 1 atom stereocenters. The van der Waals surface area contributed by atoms with E-state index in [1.165, 1.54) is 12.1 Å². The molecule has 25 heavy (non-hydrogen) atoms. The number of benzene rings is 1. The minimum atomic E-state index is -1.07. The summed E-state index contributed by atoms with van der Waals surface area (Å²) in [6, 6.07) is 3.17. The van der Waals surface area contributed by atoms with Crippen molar-refractivity contribution in [3.05, 3.63) is 35.4 Å². The fourth-order valence-corrected chi connectivity index (χ4v) is 3.47. The standard InChI is InChI=1S/C19H28F2N2O2/c1-3-4-7-19(8-5-6-9-19)17(24)25-23-13-18(2,22)14-10-15(20)12-16(21)11-14/h10-12,23H,3-9,13,22H2,1-2H3. The molecule has 1 unspecified atom stereocenters. The second kappa shape index (κ2) is 8.23. The Labute approximate surface area is 148 Å². The summed E-state index contributed by atoms with van der Waals surface area (Å²) in [5.41, 5.74) is 7.59. The van der Waals surface area contributed by atoms with Gasteiger partial charge in [0.15, 0.2) is 0 Å². The summed E-state index contributed by atoms with van der Waals surface area (Å²) in [5, 5.41) is 0. The normalized spacial score (nSPS) is 18.8. The van der Waals surface area contributed by atoms with Crippen molar-refractivity contribution in [2.24, 2.45) is 11.1 Å². The summed E-state index contributed by atoms with van der Waals surface area (Å²) in [5.74, 6) is -1.62. The van der Waals surface area contributed by atoms with Gasteiger partial charge in [-0.25, -0.2) is 13.6 Å². The molecular formula is C19H28F2N2O2. The summed E-state index contributed by atoms with van der Waals surface area (Å²) < 4.78 is 26.8. The van der Waals surface area contributed by atoms with Crippen LogP contribution in [0.4, 0.5) is 8.78 Å². The van der Waals surface area contributed by atoms with Crippen LogP contribution in [0.25, 0.3) is 0 Å². The Hall–Kier alpha value is -1.53. The van der Waals surface area contributed by atoms with Crippen molar-refractivity contribution in [1.82, 2.24) is 5.48 Å². The van der Waals surface area contributed by atoms with E-state index in [-0.39, 0.29) is 12.5 Å². The van der Waals surface area contributed by atoms with Gasteiger partial charge in [0, 0.05) is 6.07 Å². The number of halogens is 2. The molecule has 1 saturated carbocycles. The van der Waals surface area contributed by atoms with Crippen molar-refractivity contribution in [2.45, 2.75) is 64.3 Å². The fourth-order valence-electron chi connectivity index (χ4n) is 3.47. The third-order valence-electron chi connectivity index (χ3n) is 5.13. The first kappa shape index (κ1) is 19.8. The molecule has 3 N–H and O–H groups in total. The molecule has 0 amide bonds. The molecule has 0 bridgehead atoms. The number of rotatable bonds is 8. The fraction of sp³-hybridized carbons (Fsp3) is 0.632. The highest BCUT2D eigenvalue weighted by atomic mass is 19.1. The number of nitrogens with one attached hydrogen (secondary N) is 1. The van der Waals surface area contributed by atoms with Crippen molar-refractivity contribution in [1.29, 1.82) is 0 Å². The lowest BCUT2D eigenvalue weighted by Crippen LogP contribution is -2.45. The Bertz CT molecular complexity index is 579. The number of hydrogen-bond donors (Lipinski definition) is 2. The molecule has 0 spiro atoms. The van der Waals surface area contributed by atoms with Crippen LogP contribution in [-0.2, 0) is 15.2 Å². The molecule has 0 aliphatic heterocycles. The van der Waals surface area contributed by atoms with Crippen LogP contribution >= 0.6 is 0 Å². The Kier molecular flexibility index (Phi) is 6.52. The predicted molar refractivity (Wildman–Crippen MR) is 92.4 cm³/mol. The van der Waals surface area contributed by atoms with Gasteiger partial charge in [-0.3, -0.25) is 0 Å². The molecule has 4 nitrogen and oxygen atoms in total. The zero-order chi connectivity index (χ0) is 18.5. The van der Waals surface area contributed by atoms with E-state index in [1.54, 1.807) is 6.92 Å². The van der Waals surface area contributed by atoms with Crippen molar-refractivity contribution in [3.8, 4) is 0 Å². The molecule has 140 valence electrons. The topological polar surface area (TPSA) is 64.3 Å². The van der Waals surface area contributed by atoms with Gasteiger partial charge in [0.1, 0.15) is 11.6 Å². The first-order valence-electron chi connectivity index (χ1n) is 8.99. The zero-order valence-electron chi connectivity index (χ0n) is 15.0. The second-order valence-electron chi connectivity index (χ2n) is 7.38. The van der Waals surface area contributed by atoms with Crippen molar-refractivity contribution < 1.29 is 18.4 Å². The van der Waals surface area contributed by atoms with Crippen molar-refractivity contribution in [3.63, 3.8) is 0 Å². The van der Waals surface area contributed by atoms with E-state index in [1.807, 2.05) is 0 Å². The Morgan fingerprint density at radius 2 is 1.88 bits per heavy atom. The van der Waals surface area contributed by atoms with Crippen LogP contribution in [0.2, 0.25) is 0 Å². The monoisotopic (exact) mass is 354 g/mol. The zero-order valence-corrected chi connectivity index (χ0v) is 15.0. The molecule has 1 fully saturated rings. The van der Waals surface area contributed by atoms with Gasteiger partial charge in [0.2, 0.25) is 0 Å². The molecule has 1 aromatic rings. The lowest BCUT2D eigenvalue weighted by atomic mass is 9.81. The smallest absolute Gasteiger partial charge is 0.330 e. The first-order valence-corrected chi connectivity index (χ1v) is 8.99. The van der Waals surface area contributed by atoms with E-state index in [0.29, 0.717) is 5.56 Å². The van der Waals surface area contributed by atoms with Crippen LogP contribution in [0.1, 0.15) is 64.4 Å². The van der Waals surface area contributed by atoms with Gasteiger partial charge in [-0.05, 0) is 43.9 Å². The van der Waals surface area contributed by atoms with Crippen LogP contribution in [0.3, 0.4) is 0 Å². The molecule has 1 aliphatic rings. The first-order chi connectivity index (χ1) is 11.8. The quantitative estimate of drug-likeness (QED) is 0.694. The van der Waals surface area contributed by atoms with E-state index in [0.717, 1.165) is 51.0 Å². The average Bonchev–Trinajstić information content (AvgIpc) is 3.02. The number of carbonyl (C=O) groups excluding carboxylic acids is 1.